The third kappa shape index (κ3) is 6.05. The summed E-state index contributed by atoms with van der Waals surface area (Å²) in [6, 6.07) is 29.7. The van der Waals surface area contributed by atoms with Crippen LogP contribution in [-0.2, 0) is 30.5 Å². The summed E-state index contributed by atoms with van der Waals surface area (Å²) in [6.07, 6.45) is 5.69. The molecule has 1 amide bonds. The molecule has 5 aromatic rings. The summed E-state index contributed by atoms with van der Waals surface area (Å²) in [5.41, 5.74) is 9.93. The Hall–Kier alpha value is -4.91. The van der Waals surface area contributed by atoms with E-state index in [0.717, 1.165) is 42.5 Å². The van der Waals surface area contributed by atoms with Crippen molar-refractivity contribution in [2.24, 2.45) is 0 Å². The summed E-state index contributed by atoms with van der Waals surface area (Å²) in [5.74, 6) is -0.0194. The first kappa shape index (κ1) is 27.3. The number of carbonyl (C=O) groups is 1. The van der Waals surface area contributed by atoms with Gasteiger partial charge in [0.1, 0.15) is 17.5 Å². The second-order valence-electron chi connectivity index (χ2n) is 10.9. The van der Waals surface area contributed by atoms with E-state index in [9.17, 15) is 14.7 Å². The maximum Gasteiger partial charge on any atom is 0.291 e. The van der Waals surface area contributed by atoms with Crippen LogP contribution in [0.25, 0.3) is 11.0 Å². The number of phenols is 1. The Bertz CT molecular complexity index is 1760. The van der Waals surface area contributed by atoms with Gasteiger partial charge in [-0.15, -0.1) is 0 Å². The van der Waals surface area contributed by atoms with Crippen LogP contribution in [0.15, 0.2) is 102 Å². The van der Waals surface area contributed by atoms with Crippen molar-refractivity contribution >= 4 is 22.6 Å². The summed E-state index contributed by atoms with van der Waals surface area (Å²) in [4.78, 5) is 32.5. The number of aryl methyl sites for hydroxylation is 2. The number of nitrogens with zero attached hydrogens (tertiary/aromatic N) is 2. The van der Waals surface area contributed by atoms with Crippen molar-refractivity contribution < 1.29 is 9.90 Å². The van der Waals surface area contributed by atoms with E-state index in [1.165, 1.54) is 15.8 Å². The van der Waals surface area contributed by atoms with Crippen molar-refractivity contribution in [3.05, 3.63) is 135 Å². The third-order valence-electron chi connectivity index (χ3n) is 7.96. The second-order valence-corrected chi connectivity index (χ2v) is 10.9. The lowest BCUT2D eigenvalue weighted by molar-refractivity contribution is -0.117. The number of hydrogen-bond donors (Lipinski definition) is 3. The molecule has 0 fully saturated rings. The molecular formula is C35H34N4O3. The number of aromatic nitrogens is 2. The van der Waals surface area contributed by atoms with E-state index in [4.69, 9.17) is 0 Å². The number of fused-ring (bicyclic) bond motifs is 2. The standard InChI is InChI=1S/C35H34N4O3/c40-27-20-17-25(18-21-27)23-32-35(42)39(33-16-7-6-14-30(33)36-32)38-31(22-19-24-9-2-1-3-10-24)34(41)37-29-15-8-12-26-11-4-5-13-28(26)29/h1-3,6-10,12,14-18,20-21,31,38,40H,4-5,11,13,19,22-23H2,(H,37,41). The number of carbonyl (C=O) groups excluding carboxylic acids is 1. The fourth-order valence-electron chi connectivity index (χ4n) is 5.71. The predicted molar refractivity (Wildman–Crippen MR) is 167 cm³/mol. The fraction of sp³-hybridized carbons (Fsp3) is 0.229. The number of phenolic OH excluding ortho intramolecular Hbond substituents is 1. The Balaban J connectivity index is 1.35. The zero-order chi connectivity index (χ0) is 28.9. The minimum absolute atomic E-state index is 0.163. The number of anilines is 1. The lowest BCUT2D eigenvalue weighted by atomic mass is 9.90. The van der Waals surface area contributed by atoms with Crippen LogP contribution in [0.1, 0.15) is 47.2 Å². The zero-order valence-electron chi connectivity index (χ0n) is 23.4. The molecule has 212 valence electrons. The third-order valence-corrected chi connectivity index (χ3v) is 7.96. The van der Waals surface area contributed by atoms with Crippen LogP contribution in [0.3, 0.4) is 0 Å². The van der Waals surface area contributed by atoms with Crippen LogP contribution in [0.2, 0.25) is 0 Å². The highest BCUT2D eigenvalue weighted by Gasteiger charge is 2.23. The number of nitrogens with one attached hydrogen (secondary N) is 2. The second kappa shape index (κ2) is 12.3. The van der Waals surface area contributed by atoms with E-state index in [1.807, 2.05) is 66.7 Å². The lowest BCUT2D eigenvalue weighted by Gasteiger charge is -2.24. The minimum atomic E-state index is -0.685. The lowest BCUT2D eigenvalue weighted by Crippen LogP contribution is -2.44. The first-order valence-electron chi connectivity index (χ1n) is 14.6. The van der Waals surface area contributed by atoms with Crippen LogP contribution in [-0.4, -0.2) is 26.7 Å². The SMILES string of the molecule is O=C(Nc1cccc2c1CCCC2)C(CCc1ccccc1)Nn1c(=O)c(Cc2ccc(O)cc2)nc2ccccc21. The molecule has 1 unspecified atom stereocenters. The summed E-state index contributed by atoms with van der Waals surface area (Å²) in [7, 11) is 0. The molecule has 3 N–H and O–H groups in total. The van der Waals surface area contributed by atoms with Gasteiger partial charge in [-0.25, -0.2) is 9.66 Å². The largest absolute Gasteiger partial charge is 0.508 e. The Kier molecular flexibility index (Phi) is 7.99. The van der Waals surface area contributed by atoms with E-state index in [2.05, 4.69) is 21.8 Å². The van der Waals surface area contributed by atoms with Gasteiger partial charge in [0, 0.05) is 12.1 Å². The van der Waals surface area contributed by atoms with Gasteiger partial charge < -0.3 is 15.8 Å². The van der Waals surface area contributed by atoms with Crippen molar-refractivity contribution in [3.8, 4) is 5.75 Å². The first-order chi connectivity index (χ1) is 20.5. The van der Waals surface area contributed by atoms with Gasteiger partial charge in [0.25, 0.3) is 5.56 Å². The van der Waals surface area contributed by atoms with Gasteiger partial charge in [-0.2, -0.15) is 0 Å². The first-order valence-corrected chi connectivity index (χ1v) is 14.6. The summed E-state index contributed by atoms with van der Waals surface area (Å²) in [5, 5.41) is 12.9. The molecule has 0 aliphatic heterocycles. The smallest absolute Gasteiger partial charge is 0.291 e. The number of amides is 1. The molecule has 4 aromatic carbocycles. The van der Waals surface area contributed by atoms with Crippen LogP contribution in [0.5, 0.6) is 5.75 Å². The summed E-state index contributed by atoms with van der Waals surface area (Å²) < 4.78 is 1.48. The van der Waals surface area contributed by atoms with Crippen LogP contribution < -0.4 is 16.3 Å². The molecule has 1 atom stereocenters. The van der Waals surface area contributed by atoms with Gasteiger partial charge in [0.15, 0.2) is 0 Å². The maximum atomic E-state index is 14.0. The highest BCUT2D eigenvalue weighted by molar-refractivity contribution is 5.96. The quantitative estimate of drug-likeness (QED) is 0.214. The van der Waals surface area contributed by atoms with E-state index in [0.29, 0.717) is 36.0 Å². The Morgan fingerprint density at radius 2 is 1.62 bits per heavy atom. The van der Waals surface area contributed by atoms with Gasteiger partial charge in [-0.1, -0.05) is 66.7 Å². The van der Waals surface area contributed by atoms with Crippen molar-refractivity contribution in [1.82, 2.24) is 9.66 Å². The van der Waals surface area contributed by atoms with Crippen molar-refractivity contribution in [2.45, 2.75) is 51.0 Å². The van der Waals surface area contributed by atoms with Gasteiger partial charge in [0.2, 0.25) is 5.91 Å². The molecule has 1 aliphatic carbocycles. The van der Waals surface area contributed by atoms with Gasteiger partial charge >= 0.3 is 0 Å². The molecular weight excluding hydrogens is 524 g/mol. The molecule has 7 nitrogen and oxygen atoms in total. The predicted octanol–water partition coefficient (Wildman–Crippen LogP) is 5.76. The van der Waals surface area contributed by atoms with Crippen LogP contribution in [0.4, 0.5) is 5.69 Å². The van der Waals surface area contributed by atoms with E-state index in [-0.39, 0.29) is 17.2 Å². The molecule has 42 heavy (non-hydrogen) atoms. The monoisotopic (exact) mass is 558 g/mol. The number of rotatable bonds is 9. The van der Waals surface area contributed by atoms with E-state index < -0.39 is 6.04 Å². The molecule has 0 bridgehead atoms. The molecule has 0 radical (unpaired) electrons. The van der Waals surface area contributed by atoms with Gasteiger partial charge in [0.05, 0.1) is 11.0 Å². The minimum Gasteiger partial charge on any atom is -0.508 e. The van der Waals surface area contributed by atoms with Crippen LogP contribution in [0, 0.1) is 0 Å². The fourth-order valence-corrected chi connectivity index (χ4v) is 5.71. The summed E-state index contributed by atoms with van der Waals surface area (Å²) >= 11 is 0. The Labute approximate surface area is 244 Å². The van der Waals surface area contributed by atoms with Crippen molar-refractivity contribution in [3.63, 3.8) is 0 Å². The van der Waals surface area contributed by atoms with E-state index >= 15 is 0 Å². The van der Waals surface area contributed by atoms with Gasteiger partial charge in [-0.3, -0.25) is 9.59 Å². The number of aromatic hydroxyl groups is 1. The average molecular weight is 559 g/mol. The highest BCUT2D eigenvalue weighted by atomic mass is 16.3. The van der Waals surface area contributed by atoms with Crippen LogP contribution >= 0.6 is 0 Å². The normalized spacial score (nSPS) is 13.3. The highest BCUT2D eigenvalue weighted by Crippen LogP contribution is 2.28. The number of benzene rings is 4. The zero-order valence-corrected chi connectivity index (χ0v) is 23.4. The topological polar surface area (TPSA) is 96.2 Å². The van der Waals surface area contributed by atoms with E-state index in [1.54, 1.807) is 24.3 Å². The molecule has 1 heterocycles. The maximum absolute atomic E-state index is 14.0. The molecule has 0 saturated heterocycles. The van der Waals surface area contributed by atoms with Crippen molar-refractivity contribution in [2.75, 3.05) is 10.7 Å². The molecule has 6 rings (SSSR count). The van der Waals surface area contributed by atoms with Crippen molar-refractivity contribution in [1.29, 1.82) is 0 Å². The number of para-hydroxylation sites is 2. The molecule has 1 aliphatic rings. The number of hydrogen-bond acceptors (Lipinski definition) is 5. The Morgan fingerprint density at radius 3 is 2.45 bits per heavy atom. The molecule has 7 heteroatoms. The molecule has 1 aromatic heterocycles. The Morgan fingerprint density at radius 1 is 0.857 bits per heavy atom. The van der Waals surface area contributed by atoms with Gasteiger partial charge in [-0.05, 0) is 91.1 Å². The molecule has 0 saturated carbocycles. The summed E-state index contributed by atoms with van der Waals surface area (Å²) in [6.45, 7) is 0. The molecule has 0 spiro atoms. The average Bonchev–Trinajstić information content (AvgIpc) is 3.02.